The topological polar surface area (TPSA) is 239 Å². The summed E-state index contributed by atoms with van der Waals surface area (Å²) in [5.74, 6) is 0. The first-order valence-corrected chi connectivity index (χ1v) is 0.812. The first-order chi connectivity index (χ1) is 2.83. The maximum Gasteiger partial charge on any atom is 3.00 e. The van der Waals surface area contributed by atoms with Gasteiger partial charge in [0.15, 0.2) is 0 Å². The van der Waals surface area contributed by atoms with Gasteiger partial charge >= 0.3 is 27.5 Å². The van der Waals surface area contributed by atoms with Crippen LogP contribution in [0.4, 0.5) is 0 Å². The molecule has 0 aliphatic rings. The van der Waals surface area contributed by atoms with Gasteiger partial charge in [-0.15, -0.1) is 0 Å². The molecule has 0 bridgehead atoms. The Labute approximate surface area is 73.1 Å². The van der Waals surface area contributed by atoms with Gasteiger partial charge in [0, 0.05) is 0 Å². The van der Waals surface area contributed by atoms with Gasteiger partial charge in [0.05, 0.1) is 0 Å². The Kier molecular flexibility index (Phi) is 3600. The van der Waals surface area contributed by atoms with Gasteiger partial charge in [-0.3, -0.25) is 0 Å². The van der Waals surface area contributed by atoms with E-state index in [9.17, 15) is 0 Å². The normalized spacial score (nSPS) is 2.18. The van der Waals surface area contributed by atoms with Crippen LogP contribution in [0.1, 0.15) is 0 Å². The van der Waals surface area contributed by atoms with Crippen molar-refractivity contribution in [2.45, 2.75) is 0 Å². The molecular formula is H12CoN6O4+. The summed E-state index contributed by atoms with van der Waals surface area (Å²) in [4.78, 5) is 16.4. The van der Waals surface area contributed by atoms with Crippen molar-refractivity contribution in [2.75, 3.05) is 0 Å². The average molecular weight is 219 g/mol. The Balaban J connectivity index is -0.00000000400. The summed E-state index contributed by atoms with van der Waals surface area (Å²) in [6.07, 6.45) is 0. The molecule has 0 fully saturated rings. The molecule has 0 unspecified atom stereocenters. The Morgan fingerprint density at radius 1 is 0.727 bits per heavy atom. The van der Waals surface area contributed by atoms with Crippen molar-refractivity contribution in [2.24, 2.45) is 10.7 Å². The number of hydrogen-bond donors (Lipinski definition) is 0. The second kappa shape index (κ2) is 462. The van der Waals surface area contributed by atoms with Crippen LogP contribution in [0.2, 0.25) is 0 Å². The molecule has 0 aliphatic carbocycles. The molecule has 0 saturated heterocycles. The molecule has 0 rings (SSSR count). The van der Waals surface area contributed by atoms with Gasteiger partial charge in [0.1, 0.15) is 0 Å². The van der Waals surface area contributed by atoms with Crippen molar-refractivity contribution in [3.63, 3.8) is 0 Å². The summed E-state index contributed by atoms with van der Waals surface area (Å²) in [7, 11) is 0. The fourth-order valence-corrected chi connectivity index (χ4v) is 0. The molecule has 0 heterocycles. The van der Waals surface area contributed by atoms with Crippen molar-refractivity contribution in [1.82, 2.24) is 0 Å². The fourth-order valence-electron chi connectivity index (χ4n) is 0. The molecule has 12 N–H and O–H groups in total. The molecule has 0 aromatic rings. The van der Waals surface area contributed by atoms with Crippen molar-refractivity contribution in [1.29, 1.82) is 0 Å². The molecule has 74 valence electrons. The summed E-state index contributed by atoms with van der Waals surface area (Å²) < 4.78 is 0. The zero-order valence-corrected chi connectivity index (χ0v) is 6.39. The average Bonchev–Trinajstić information content (AvgIpc) is 1.39. The van der Waals surface area contributed by atoms with E-state index in [-0.39, 0.29) is 41.4 Å². The molecule has 11 heavy (non-hydrogen) atoms. The largest absolute Gasteiger partial charge is 3.00 e. The van der Waals surface area contributed by atoms with E-state index in [2.05, 4.69) is 0 Å². The summed E-state index contributed by atoms with van der Waals surface area (Å²) in [6.45, 7) is 0. The Hall–Kier alpha value is -0.854. The summed E-state index contributed by atoms with van der Waals surface area (Å²) in [5.41, 5.74) is 0. The quantitative estimate of drug-likeness (QED) is 0.335. The summed E-state index contributed by atoms with van der Waals surface area (Å²) in [5, 5.41) is 13.6. The summed E-state index contributed by atoms with van der Waals surface area (Å²) >= 11 is 0. The molecule has 0 radical (unpaired) electrons. The molecule has 0 amide bonds. The van der Waals surface area contributed by atoms with Crippen LogP contribution in [0.15, 0.2) is 10.7 Å². The van der Waals surface area contributed by atoms with Crippen LogP contribution < -0.4 is 0 Å². The van der Waals surface area contributed by atoms with Crippen LogP contribution in [-0.4, -0.2) is 10.4 Å². The van der Waals surface area contributed by atoms with E-state index < -0.39 is 0 Å². The van der Waals surface area contributed by atoms with E-state index in [1.54, 1.807) is 0 Å². The number of rotatable bonds is 0. The van der Waals surface area contributed by atoms with Gasteiger partial charge < -0.3 is 35.0 Å². The van der Waals surface area contributed by atoms with Gasteiger partial charge in [-0.1, -0.05) is 0 Å². The second-order valence-electron chi connectivity index (χ2n) is 0.183. The first kappa shape index (κ1) is 85.7. The number of hydrogen-bond acceptors (Lipinski definition) is 4. The van der Waals surface area contributed by atoms with Crippen LogP contribution in [0.5, 0.6) is 0 Å². The molecule has 10 nitrogen and oxygen atoms in total. The van der Waals surface area contributed by atoms with Crippen molar-refractivity contribution in [3.05, 3.63) is 34.4 Å². The Bertz CT molecular complexity index is 35.6. The standard InChI is InChI=1S/Co.2HNO2.4H2N/c;2*2-1-3;;;;/h;2*(H,2,3);4*1H2/q+3;;;4*-1/p+2. The molecule has 11 heteroatoms. The minimum Gasteiger partial charge on any atom is -0.693 e. The molecule has 0 aromatic heterocycles. The van der Waals surface area contributed by atoms with E-state index >= 15 is 0 Å². The zero-order valence-electron chi connectivity index (χ0n) is 5.35. The third-order valence-electron chi connectivity index (χ3n) is 0. The van der Waals surface area contributed by atoms with Crippen LogP contribution in [-0.2, 0) is 16.8 Å². The third-order valence-corrected chi connectivity index (χ3v) is 0. The van der Waals surface area contributed by atoms with Crippen LogP contribution >= 0.6 is 0 Å². The van der Waals surface area contributed by atoms with Gasteiger partial charge in [-0.25, -0.2) is 0 Å². The van der Waals surface area contributed by atoms with Crippen molar-refractivity contribution in [3.8, 4) is 0 Å². The van der Waals surface area contributed by atoms with E-state index in [1.165, 1.54) is 10.7 Å². The Morgan fingerprint density at radius 3 is 0.727 bits per heavy atom. The van der Waals surface area contributed by atoms with Gasteiger partial charge in [-0.2, -0.15) is 0 Å². The van der Waals surface area contributed by atoms with E-state index in [0.717, 1.165) is 0 Å². The maximum absolute atomic E-state index is 8.22. The van der Waals surface area contributed by atoms with Crippen LogP contribution in [0, 0.1) is 9.81 Å². The molecule has 0 aliphatic heterocycles. The van der Waals surface area contributed by atoms with E-state index in [4.69, 9.17) is 20.2 Å². The molecule has 0 atom stereocenters. The minimum absolute atomic E-state index is 0. The Morgan fingerprint density at radius 2 is 0.727 bits per heavy atom. The monoisotopic (exact) mass is 219 g/mol. The van der Waals surface area contributed by atoms with Crippen molar-refractivity contribution < 1.29 is 27.2 Å². The van der Waals surface area contributed by atoms with Crippen LogP contribution in [0.25, 0.3) is 24.6 Å². The molecule has 0 spiro atoms. The van der Waals surface area contributed by atoms with Crippen LogP contribution in [0.3, 0.4) is 0 Å². The molecular weight excluding hydrogens is 207 g/mol. The minimum atomic E-state index is 0. The fraction of sp³-hybridized carbons (Fsp3) is 0. The van der Waals surface area contributed by atoms with Gasteiger partial charge in [0.25, 0.3) is 0 Å². The smallest absolute Gasteiger partial charge is 0.693 e. The van der Waals surface area contributed by atoms with Gasteiger partial charge in [-0.05, 0) is 0 Å². The van der Waals surface area contributed by atoms with Crippen molar-refractivity contribution >= 4 is 0 Å². The predicted molar refractivity (Wildman–Crippen MR) is 40.0 cm³/mol. The second-order valence-corrected chi connectivity index (χ2v) is 0.183. The molecule has 0 aromatic carbocycles. The van der Waals surface area contributed by atoms with E-state index in [1.807, 2.05) is 0 Å². The predicted octanol–water partition coefficient (Wildman–Crippen LogP) is 1.65. The van der Waals surface area contributed by atoms with E-state index in [0.29, 0.717) is 0 Å². The third kappa shape index (κ3) is 641. The van der Waals surface area contributed by atoms with Gasteiger partial charge in [0.2, 0.25) is 9.81 Å². The number of nitrogens with zero attached hydrogens (tertiary/aromatic N) is 2. The number of nitrogens with two attached hydrogens (primary N) is 4. The molecule has 0 saturated carbocycles. The zero-order chi connectivity index (χ0) is 5.41. The SMILES string of the molecule is O=N[OH2+].O=N[OH2+].[Co+3].[NH2-].[NH2-].[NH2-].[NH2-]. The first-order valence-electron chi connectivity index (χ1n) is 0.812. The maximum atomic E-state index is 8.22. The summed E-state index contributed by atoms with van der Waals surface area (Å²) in [6, 6.07) is 0.